The van der Waals surface area contributed by atoms with Crippen molar-refractivity contribution in [2.24, 2.45) is 0 Å². The number of aryl methyl sites for hydroxylation is 1. The number of halogens is 1. The fourth-order valence-electron chi connectivity index (χ4n) is 1.88. The Morgan fingerprint density at radius 1 is 1.56 bits per heavy atom. The third-order valence-electron chi connectivity index (χ3n) is 2.85. The van der Waals surface area contributed by atoms with Crippen LogP contribution in [0.3, 0.4) is 0 Å². The van der Waals surface area contributed by atoms with E-state index >= 15 is 0 Å². The third kappa shape index (κ3) is 2.56. The van der Waals surface area contributed by atoms with Crippen molar-refractivity contribution in [3.63, 3.8) is 0 Å². The van der Waals surface area contributed by atoms with Crippen LogP contribution in [-0.2, 0) is 0 Å². The van der Waals surface area contributed by atoms with Gasteiger partial charge in [-0.25, -0.2) is 0 Å². The van der Waals surface area contributed by atoms with Gasteiger partial charge in [0.25, 0.3) is 5.91 Å². The van der Waals surface area contributed by atoms with Gasteiger partial charge in [0.15, 0.2) is 0 Å². The normalized spacial score (nSPS) is 20.4. The Hall–Kier alpha value is -0.580. The van der Waals surface area contributed by atoms with Crippen molar-refractivity contribution in [2.75, 3.05) is 19.6 Å². The molecule has 1 unspecified atom stereocenters. The summed E-state index contributed by atoms with van der Waals surface area (Å²) in [6.07, 6.45) is 0. The van der Waals surface area contributed by atoms with Crippen molar-refractivity contribution in [1.82, 2.24) is 10.2 Å². The van der Waals surface area contributed by atoms with E-state index in [1.54, 1.807) is 11.3 Å². The molecule has 1 aromatic heterocycles. The van der Waals surface area contributed by atoms with Crippen LogP contribution in [0.4, 0.5) is 0 Å². The summed E-state index contributed by atoms with van der Waals surface area (Å²) in [5.41, 5.74) is 1.96. The highest BCUT2D eigenvalue weighted by atomic mass is 35.5. The first-order chi connectivity index (χ1) is 7.20. The molecule has 0 radical (unpaired) electrons. The average Bonchev–Trinajstić information content (AvgIpc) is 2.64. The summed E-state index contributed by atoms with van der Waals surface area (Å²) in [5.74, 6) is 0.183. The first-order valence-corrected chi connectivity index (χ1v) is 6.19. The van der Waals surface area contributed by atoms with Gasteiger partial charge >= 0.3 is 0 Å². The Labute approximate surface area is 106 Å². The maximum absolute atomic E-state index is 12.2. The zero-order chi connectivity index (χ0) is 10.8. The van der Waals surface area contributed by atoms with Gasteiger partial charge in [-0.3, -0.25) is 4.79 Å². The smallest absolute Gasteiger partial charge is 0.255 e. The molecule has 0 aliphatic carbocycles. The van der Waals surface area contributed by atoms with Gasteiger partial charge in [0.1, 0.15) is 0 Å². The van der Waals surface area contributed by atoms with Crippen LogP contribution in [-0.4, -0.2) is 36.5 Å². The molecule has 0 aromatic carbocycles. The quantitative estimate of drug-likeness (QED) is 0.837. The second kappa shape index (κ2) is 5.66. The molecule has 1 amide bonds. The number of piperazine rings is 1. The number of thiophene rings is 1. The Morgan fingerprint density at radius 2 is 2.31 bits per heavy atom. The van der Waals surface area contributed by atoms with E-state index in [4.69, 9.17) is 0 Å². The van der Waals surface area contributed by atoms with Crippen LogP contribution in [0.15, 0.2) is 10.8 Å². The first kappa shape index (κ1) is 13.5. The van der Waals surface area contributed by atoms with E-state index in [-0.39, 0.29) is 18.3 Å². The zero-order valence-corrected chi connectivity index (χ0v) is 11.2. The molecule has 1 aromatic rings. The number of rotatable bonds is 1. The highest BCUT2D eigenvalue weighted by Crippen LogP contribution is 2.17. The van der Waals surface area contributed by atoms with E-state index in [0.717, 1.165) is 30.8 Å². The van der Waals surface area contributed by atoms with Gasteiger partial charge in [0, 0.05) is 31.1 Å². The lowest BCUT2D eigenvalue weighted by Gasteiger charge is -2.34. The minimum Gasteiger partial charge on any atom is -0.333 e. The molecular formula is C11H17ClN2OS. The second-order valence-electron chi connectivity index (χ2n) is 4.02. The zero-order valence-electron chi connectivity index (χ0n) is 9.53. The maximum Gasteiger partial charge on any atom is 0.255 e. The predicted molar refractivity (Wildman–Crippen MR) is 69.7 cm³/mol. The van der Waals surface area contributed by atoms with Crippen molar-refractivity contribution >= 4 is 29.7 Å². The standard InChI is InChI=1S/C11H16N2OS.ClH/c1-8-6-15-7-10(8)11(14)13-4-3-12-5-9(13)2;/h6-7,9,12H,3-5H2,1-2H3;1H. The number of nitrogens with zero attached hydrogens (tertiary/aromatic N) is 1. The molecule has 1 atom stereocenters. The van der Waals surface area contributed by atoms with Crippen molar-refractivity contribution < 1.29 is 4.79 Å². The van der Waals surface area contributed by atoms with Crippen molar-refractivity contribution in [1.29, 1.82) is 0 Å². The van der Waals surface area contributed by atoms with Gasteiger partial charge in [-0.1, -0.05) is 0 Å². The van der Waals surface area contributed by atoms with E-state index < -0.39 is 0 Å². The van der Waals surface area contributed by atoms with Crippen molar-refractivity contribution in [2.45, 2.75) is 19.9 Å². The third-order valence-corrected chi connectivity index (χ3v) is 3.71. The monoisotopic (exact) mass is 260 g/mol. The predicted octanol–water partition coefficient (Wildman–Crippen LogP) is 1.91. The van der Waals surface area contributed by atoms with Crippen LogP contribution in [0, 0.1) is 6.92 Å². The molecule has 1 N–H and O–H groups in total. The molecule has 0 saturated carbocycles. The van der Waals surface area contributed by atoms with Crippen molar-refractivity contribution in [3.8, 4) is 0 Å². The fraction of sp³-hybridized carbons (Fsp3) is 0.545. The highest BCUT2D eigenvalue weighted by Gasteiger charge is 2.25. The molecular weight excluding hydrogens is 244 g/mol. The number of hydrogen-bond acceptors (Lipinski definition) is 3. The SMILES string of the molecule is Cc1cscc1C(=O)N1CCNCC1C.Cl. The van der Waals surface area contributed by atoms with Gasteiger partial charge in [0.2, 0.25) is 0 Å². The van der Waals surface area contributed by atoms with Crippen LogP contribution >= 0.6 is 23.7 Å². The Bertz CT molecular complexity index is 367. The number of carbonyl (C=O) groups is 1. The van der Waals surface area contributed by atoms with Gasteiger partial charge in [-0.05, 0) is 24.8 Å². The van der Waals surface area contributed by atoms with E-state index in [1.807, 2.05) is 22.6 Å². The molecule has 3 nitrogen and oxygen atoms in total. The lowest BCUT2D eigenvalue weighted by atomic mass is 10.1. The molecule has 16 heavy (non-hydrogen) atoms. The molecule has 1 fully saturated rings. The largest absolute Gasteiger partial charge is 0.333 e. The van der Waals surface area contributed by atoms with Gasteiger partial charge in [-0.15, -0.1) is 12.4 Å². The molecule has 1 aliphatic rings. The average molecular weight is 261 g/mol. The topological polar surface area (TPSA) is 32.3 Å². The number of carbonyl (C=O) groups excluding carboxylic acids is 1. The molecule has 2 rings (SSSR count). The van der Waals surface area contributed by atoms with E-state index in [0.29, 0.717) is 6.04 Å². The second-order valence-corrected chi connectivity index (χ2v) is 4.76. The molecule has 1 saturated heterocycles. The summed E-state index contributed by atoms with van der Waals surface area (Å²) in [5, 5.41) is 7.27. The van der Waals surface area contributed by atoms with Gasteiger partial charge < -0.3 is 10.2 Å². The summed E-state index contributed by atoms with van der Waals surface area (Å²) in [6, 6.07) is 0.297. The van der Waals surface area contributed by atoms with Crippen LogP contribution in [0.1, 0.15) is 22.8 Å². The summed E-state index contributed by atoms with van der Waals surface area (Å²) in [7, 11) is 0. The molecule has 90 valence electrons. The Balaban J connectivity index is 0.00000128. The number of amides is 1. The minimum atomic E-state index is 0. The first-order valence-electron chi connectivity index (χ1n) is 5.24. The Morgan fingerprint density at radius 3 is 2.88 bits per heavy atom. The number of hydrogen-bond donors (Lipinski definition) is 1. The summed E-state index contributed by atoms with van der Waals surface area (Å²) in [6.45, 7) is 6.70. The van der Waals surface area contributed by atoms with Crippen LogP contribution in [0.2, 0.25) is 0 Å². The van der Waals surface area contributed by atoms with E-state index in [9.17, 15) is 4.79 Å². The molecule has 5 heteroatoms. The van der Waals surface area contributed by atoms with Crippen LogP contribution in [0.25, 0.3) is 0 Å². The summed E-state index contributed by atoms with van der Waals surface area (Å²) >= 11 is 1.60. The molecule has 0 bridgehead atoms. The lowest BCUT2D eigenvalue weighted by Crippen LogP contribution is -2.52. The molecule has 0 spiro atoms. The van der Waals surface area contributed by atoms with E-state index in [1.165, 1.54) is 0 Å². The Kier molecular flexibility index (Phi) is 4.77. The molecule has 2 heterocycles. The summed E-state index contributed by atoms with van der Waals surface area (Å²) < 4.78 is 0. The van der Waals surface area contributed by atoms with Gasteiger partial charge in [-0.2, -0.15) is 11.3 Å². The lowest BCUT2D eigenvalue weighted by molar-refractivity contribution is 0.0655. The van der Waals surface area contributed by atoms with E-state index in [2.05, 4.69) is 12.2 Å². The van der Waals surface area contributed by atoms with Crippen LogP contribution in [0.5, 0.6) is 0 Å². The minimum absolute atomic E-state index is 0. The van der Waals surface area contributed by atoms with Gasteiger partial charge in [0.05, 0.1) is 5.56 Å². The maximum atomic E-state index is 12.2. The fourth-order valence-corrected chi connectivity index (χ4v) is 2.70. The molecule has 1 aliphatic heterocycles. The summed E-state index contributed by atoms with van der Waals surface area (Å²) in [4.78, 5) is 14.2. The highest BCUT2D eigenvalue weighted by molar-refractivity contribution is 7.08. The number of nitrogens with one attached hydrogen (secondary N) is 1. The van der Waals surface area contributed by atoms with Crippen LogP contribution < -0.4 is 5.32 Å². The van der Waals surface area contributed by atoms with Crippen molar-refractivity contribution in [3.05, 3.63) is 21.9 Å².